The van der Waals surface area contributed by atoms with Crippen LogP contribution in [0.25, 0.3) is 0 Å². The molecule has 3 atom stereocenters. The van der Waals surface area contributed by atoms with Gasteiger partial charge in [0.1, 0.15) is 5.60 Å². The Kier molecular flexibility index (Phi) is 6.55. The van der Waals surface area contributed by atoms with Gasteiger partial charge in [-0.3, -0.25) is 4.79 Å². The third-order valence-electron chi connectivity index (χ3n) is 5.97. The number of hydrogen-bond donors (Lipinski definition) is 3. The number of nitrogens with one attached hydrogen (secondary N) is 3. The molecule has 1 heterocycles. The highest BCUT2D eigenvalue weighted by molar-refractivity contribution is 5.80. The molecule has 1 unspecified atom stereocenters. The first-order chi connectivity index (χ1) is 14.4. The maximum Gasteiger partial charge on any atom is 0.416 e. The fraction of sp³-hybridized carbons (Fsp3) is 0.636. The number of alkyl halides is 3. The summed E-state index contributed by atoms with van der Waals surface area (Å²) >= 11 is 0. The second-order valence-corrected chi connectivity index (χ2v) is 9.55. The van der Waals surface area contributed by atoms with E-state index in [2.05, 4.69) is 16.0 Å². The Morgan fingerprint density at radius 1 is 1.26 bits per heavy atom. The Morgan fingerprint density at radius 2 is 2.00 bits per heavy atom. The second kappa shape index (κ2) is 8.68. The number of ether oxygens (including phenoxy) is 1. The normalized spacial score (nSPS) is 26.1. The Morgan fingerprint density at radius 3 is 2.68 bits per heavy atom. The van der Waals surface area contributed by atoms with Crippen molar-refractivity contribution in [3.63, 3.8) is 0 Å². The number of amides is 2. The molecule has 172 valence electrons. The molecule has 2 aliphatic rings. The van der Waals surface area contributed by atoms with Crippen molar-refractivity contribution in [2.24, 2.45) is 11.3 Å². The van der Waals surface area contributed by atoms with Gasteiger partial charge >= 0.3 is 12.3 Å². The van der Waals surface area contributed by atoms with E-state index in [1.54, 1.807) is 26.8 Å². The minimum atomic E-state index is -4.42. The summed E-state index contributed by atoms with van der Waals surface area (Å²) in [4.78, 5) is 25.0. The highest BCUT2D eigenvalue weighted by Gasteiger charge is 2.51. The van der Waals surface area contributed by atoms with Crippen LogP contribution in [0.4, 0.5) is 18.0 Å². The largest absolute Gasteiger partial charge is 0.444 e. The molecule has 3 N–H and O–H groups in total. The van der Waals surface area contributed by atoms with E-state index in [-0.39, 0.29) is 29.8 Å². The zero-order valence-corrected chi connectivity index (χ0v) is 18.1. The standard InChI is InChI=1S/C22H30F3N3O3/c1-20(2,3)31-19(30)28-16-7-8-21(10-16)13-26-12-17(21)18(29)27-11-14-5-4-6-15(9-14)22(23,24)25/h4-6,9,16-17,26H,7-8,10-13H2,1-3H3,(H,27,29)(H,28,30)/t16-,17?,21+/m0/s1. The van der Waals surface area contributed by atoms with Crippen LogP contribution in [0.15, 0.2) is 24.3 Å². The lowest BCUT2D eigenvalue weighted by atomic mass is 9.76. The summed E-state index contributed by atoms with van der Waals surface area (Å²) in [7, 11) is 0. The molecule has 1 aromatic carbocycles. The van der Waals surface area contributed by atoms with Gasteiger partial charge in [-0.15, -0.1) is 0 Å². The summed E-state index contributed by atoms with van der Waals surface area (Å²) in [6, 6.07) is 4.90. The third-order valence-corrected chi connectivity index (χ3v) is 5.97. The number of benzene rings is 1. The zero-order valence-electron chi connectivity index (χ0n) is 18.1. The van der Waals surface area contributed by atoms with Gasteiger partial charge in [0.25, 0.3) is 0 Å². The predicted molar refractivity (Wildman–Crippen MR) is 109 cm³/mol. The van der Waals surface area contributed by atoms with Gasteiger partial charge in [0.05, 0.1) is 11.5 Å². The van der Waals surface area contributed by atoms with E-state index in [1.807, 2.05) is 0 Å². The lowest BCUT2D eigenvalue weighted by molar-refractivity contribution is -0.137. The van der Waals surface area contributed by atoms with E-state index < -0.39 is 23.4 Å². The summed E-state index contributed by atoms with van der Waals surface area (Å²) in [6.45, 7) is 6.61. The summed E-state index contributed by atoms with van der Waals surface area (Å²) in [6.07, 6.45) is -2.70. The van der Waals surface area contributed by atoms with Crippen molar-refractivity contribution in [3.05, 3.63) is 35.4 Å². The molecule has 1 saturated heterocycles. The van der Waals surface area contributed by atoms with Crippen LogP contribution >= 0.6 is 0 Å². The van der Waals surface area contributed by atoms with Gasteiger partial charge in [0, 0.05) is 25.7 Å². The molecule has 9 heteroatoms. The zero-order chi connectivity index (χ0) is 22.9. The van der Waals surface area contributed by atoms with Crippen molar-refractivity contribution in [2.45, 2.75) is 64.4 Å². The Hall–Kier alpha value is -2.29. The first kappa shape index (κ1) is 23.4. The van der Waals surface area contributed by atoms with Crippen LogP contribution in [0.5, 0.6) is 0 Å². The molecule has 3 rings (SSSR count). The van der Waals surface area contributed by atoms with Gasteiger partial charge < -0.3 is 20.7 Å². The summed E-state index contributed by atoms with van der Waals surface area (Å²) < 4.78 is 44.0. The Balaban J connectivity index is 1.58. The average Bonchev–Trinajstić information content (AvgIpc) is 3.24. The molecule has 1 aliphatic heterocycles. The van der Waals surface area contributed by atoms with Crippen LogP contribution in [0.3, 0.4) is 0 Å². The average molecular weight is 441 g/mol. The van der Waals surface area contributed by atoms with Crippen molar-refractivity contribution in [3.8, 4) is 0 Å². The lowest BCUT2D eigenvalue weighted by Gasteiger charge is -2.30. The number of rotatable bonds is 4. The maximum atomic E-state index is 12.9. The molecule has 0 radical (unpaired) electrons. The fourth-order valence-electron chi connectivity index (χ4n) is 4.58. The molecule has 2 fully saturated rings. The number of carbonyl (C=O) groups excluding carboxylic acids is 2. The molecule has 2 amide bonds. The molecule has 1 aliphatic carbocycles. The van der Waals surface area contributed by atoms with Gasteiger partial charge in [-0.05, 0) is 63.1 Å². The van der Waals surface area contributed by atoms with Crippen LogP contribution in [-0.4, -0.2) is 36.7 Å². The SMILES string of the molecule is CC(C)(C)OC(=O)N[C@H]1CC[C@]2(CNCC2C(=O)NCc2cccc(C(F)(F)F)c2)C1. The van der Waals surface area contributed by atoms with Gasteiger partial charge in [-0.25, -0.2) is 4.79 Å². The Bertz CT molecular complexity index is 822. The van der Waals surface area contributed by atoms with Gasteiger partial charge in [0.2, 0.25) is 5.91 Å². The van der Waals surface area contributed by atoms with Crippen LogP contribution in [0.1, 0.15) is 51.2 Å². The highest BCUT2D eigenvalue weighted by Crippen LogP contribution is 2.46. The molecule has 6 nitrogen and oxygen atoms in total. The molecular formula is C22H30F3N3O3. The summed E-state index contributed by atoms with van der Waals surface area (Å²) in [5, 5.41) is 8.97. The molecule has 0 aromatic heterocycles. The van der Waals surface area contributed by atoms with Crippen molar-refractivity contribution in [1.29, 1.82) is 0 Å². The third kappa shape index (κ3) is 5.90. The van der Waals surface area contributed by atoms with Crippen molar-refractivity contribution in [2.75, 3.05) is 13.1 Å². The first-order valence-electron chi connectivity index (χ1n) is 10.5. The summed E-state index contributed by atoms with van der Waals surface area (Å²) in [5.41, 5.74) is -1.19. The van der Waals surface area contributed by atoms with Gasteiger partial charge in [0.15, 0.2) is 0 Å². The molecule has 1 aromatic rings. The molecule has 1 saturated carbocycles. The number of halogens is 3. The number of carbonyl (C=O) groups is 2. The minimum absolute atomic E-state index is 0.0366. The van der Waals surface area contributed by atoms with E-state index in [1.165, 1.54) is 6.07 Å². The topological polar surface area (TPSA) is 79.5 Å². The van der Waals surface area contributed by atoms with E-state index in [4.69, 9.17) is 4.74 Å². The summed E-state index contributed by atoms with van der Waals surface area (Å²) in [5.74, 6) is -0.482. The van der Waals surface area contributed by atoms with E-state index in [9.17, 15) is 22.8 Å². The van der Waals surface area contributed by atoms with Crippen molar-refractivity contribution < 1.29 is 27.5 Å². The molecule has 1 spiro atoms. The van der Waals surface area contributed by atoms with Crippen LogP contribution in [0, 0.1) is 11.3 Å². The van der Waals surface area contributed by atoms with Crippen LogP contribution in [-0.2, 0) is 22.3 Å². The quantitative estimate of drug-likeness (QED) is 0.667. The van der Waals surface area contributed by atoms with E-state index in [0.29, 0.717) is 25.1 Å². The minimum Gasteiger partial charge on any atom is -0.444 e. The maximum absolute atomic E-state index is 12.9. The monoisotopic (exact) mass is 441 g/mol. The van der Waals surface area contributed by atoms with Crippen molar-refractivity contribution in [1.82, 2.24) is 16.0 Å². The Labute approximate surface area is 180 Å². The molecular weight excluding hydrogens is 411 g/mol. The van der Waals surface area contributed by atoms with Gasteiger partial charge in [-0.1, -0.05) is 12.1 Å². The lowest BCUT2D eigenvalue weighted by Crippen LogP contribution is -2.42. The molecule has 31 heavy (non-hydrogen) atoms. The second-order valence-electron chi connectivity index (χ2n) is 9.55. The first-order valence-corrected chi connectivity index (χ1v) is 10.5. The number of alkyl carbamates (subject to hydrolysis) is 1. The predicted octanol–water partition coefficient (Wildman–Crippen LogP) is 3.60. The number of hydrogen-bond acceptors (Lipinski definition) is 4. The van der Waals surface area contributed by atoms with Crippen LogP contribution < -0.4 is 16.0 Å². The van der Waals surface area contributed by atoms with Crippen LogP contribution in [0.2, 0.25) is 0 Å². The van der Waals surface area contributed by atoms with E-state index in [0.717, 1.165) is 25.0 Å². The smallest absolute Gasteiger partial charge is 0.416 e. The van der Waals surface area contributed by atoms with E-state index >= 15 is 0 Å². The van der Waals surface area contributed by atoms with Crippen molar-refractivity contribution >= 4 is 12.0 Å². The highest BCUT2D eigenvalue weighted by atomic mass is 19.4. The molecule has 0 bridgehead atoms. The van der Waals surface area contributed by atoms with Gasteiger partial charge in [-0.2, -0.15) is 13.2 Å². The fourth-order valence-corrected chi connectivity index (χ4v) is 4.58.